The molecule has 2 aliphatic rings. The largest absolute Gasteiger partial charge is 0.301 e. The van der Waals surface area contributed by atoms with Crippen LogP contribution < -0.4 is 0 Å². The lowest BCUT2D eigenvalue weighted by Gasteiger charge is -2.49. The zero-order chi connectivity index (χ0) is 24.0. The Labute approximate surface area is 204 Å². The molecule has 1 atom stereocenters. The van der Waals surface area contributed by atoms with E-state index in [9.17, 15) is 9.47 Å². The third-order valence-corrected chi connectivity index (χ3v) is 9.82. The maximum absolute atomic E-state index is 13.6. The minimum absolute atomic E-state index is 0.152. The molecule has 0 amide bonds. The molecule has 1 aliphatic carbocycles. The highest BCUT2D eigenvalue weighted by Gasteiger charge is 2.52. The van der Waals surface area contributed by atoms with Crippen LogP contribution in [0.25, 0.3) is 28.0 Å². The molecule has 0 radical (unpaired) electrons. The molecule has 1 aliphatic heterocycles. The summed E-state index contributed by atoms with van der Waals surface area (Å²) < 4.78 is 23.9. The molecule has 9 nitrogen and oxygen atoms in total. The van der Waals surface area contributed by atoms with Crippen molar-refractivity contribution in [3.63, 3.8) is 0 Å². The fourth-order valence-electron chi connectivity index (χ4n) is 4.92. The number of nitriles is 1. The highest BCUT2D eigenvalue weighted by atomic mass is 32.2. The quantitative estimate of drug-likeness (QED) is 0.395. The Kier molecular flexibility index (Phi) is 5.20. The van der Waals surface area contributed by atoms with Gasteiger partial charge in [0, 0.05) is 48.7 Å². The second-order valence-electron chi connectivity index (χ2n) is 9.19. The number of rotatable bonds is 7. The predicted molar refractivity (Wildman–Crippen MR) is 134 cm³/mol. The molecular formula is C25H26N8OS. The van der Waals surface area contributed by atoms with Gasteiger partial charge >= 0.3 is 0 Å². The SMILES string of the molecule is CCN=S(=O)(C1CC1)N1CC(CC#N)(n2cc(-c3ncnc4c3ccn4-c3ccccc3)cn2)C1. The normalized spacial score (nSPS) is 19.1. The molecule has 1 saturated heterocycles. The Hall–Kier alpha value is -3.55. The van der Waals surface area contributed by atoms with Gasteiger partial charge in [-0.1, -0.05) is 18.2 Å². The molecule has 2 fully saturated rings. The number of para-hydroxylation sites is 1. The number of hydrogen-bond donors (Lipinski definition) is 0. The van der Waals surface area contributed by atoms with Crippen molar-refractivity contribution in [2.24, 2.45) is 4.36 Å². The van der Waals surface area contributed by atoms with Crippen LogP contribution in [0.1, 0.15) is 26.2 Å². The Bertz CT molecular complexity index is 1550. The molecule has 0 N–H and O–H groups in total. The summed E-state index contributed by atoms with van der Waals surface area (Å²) in [5.74, 6) is 0. The lowest BCUT2D eigenvalue weighted by atomic mass is 9.89. The van der Waals surface area contributed by atoms with Crippen LogP contribution in [0.15, 0.2) is 65.7 Å². The minimum atomic E-state index is -2.40. The second-order valence-corrected chi connectivity index (χ2v) is 11.7. The van der Waals surface area contributed by atoms with Gasteiger partial charge in [0.1, 0.15) is 27.4 Å². The van der Waals surface area contributed by atoms with Crippen LogP contribution in [0.4, 0.5) is 0 Å². The molecule has 3 aromatic heterocycles. The zero-order valence-corrected chi connectivity index (χ0v) is 20.3. The summed E-state index contributed by atoms with van der Waals surface area (Å²) in [6.07, 6.45) is 9.52. The van der Waals surface area contributed by atoms with Gasteiger partial charge < -0.3 is 4.57 Å². The van der Waals surface area contributed by atoms with Crippen LogP contribution in [-0.2, 0) is 15.5 Å². The first-order valence-electron chi connectivity index (χ1n) is 11.8. The van der Waals surface area contributed by atoms with Gasteiger partial charge in [0.25, 0.3) is 0 Å². The Balaban J connectivity index is 1.34. The summed E-state index contributed by atoms with van der Waals surface area (Å²) in [5, 5.41) is 15.3. The molecule has 4 aromatic rings. The van der Waals surface area contributed by atoms with E-state index in [0.29, 0.717) is 26.1 Å². The molecule has 1 saturated carbocycles. The minimum Gasteiger partial charge on any atom is -0.301 e. The third-order valence-electron chi connectivity index (χ3n) is 6.85. The van der Waals surface area contributed by atoms with E-state index in [0.717, 1.165) is 40.8 Å². The fraction of sp³-hybridized carbons (Fsp3) is 0.360. The van der Waals surface area contributed by atoms with Gasteiger partial charge in [0.15, 0.2) is 0 Å². The first kappa shape index (κ1) is 21.9. The molecular weight excluding hydrogens is 460 g/mol. The van der Waals surface area contributed by atoms with Crippen LogP contribution in [0.2, 0.25) is 0 Å². The molecule has 10 heteroatoms. The number of hydrogen-bond acceptors (Lipinski definition) is 6. The third kappa shape index (κ3) is 3.54. The van der Waals surface area contributed by atoms with Crippen molar-refractivity contribution in [3.8, 4) is 23.0 Å². The first-order chi connectivity index (χ1) is 17.1. The van der Waals surface area contributed by atoms with Crippen molar-refractivity contribution in [2.75, 3.05) is 19.6 Å². The van der Waals surface area contributed by atoms with Crippen molar-refractivity contribution < 1.29 is 4.21 Å². The Morgan fingerprint density at radius 2 is 2.00 bits per heavy atom. The Morgan fingerprint density at radius 3 is 2.71 bits per heavy atom. The molecule has 35 heavy (non-hydrogen) atoms. The van der Waals surface area contributed by atoms with E-state index in [1.165, 1.54) is 0 Å². The smallest absolute Gasteiger partial charge is 0.148 e. The maximum Gasteiger partial charge on any atom is 0.148 e. The standard InChI is InChI=1S/C25H26N8OS/c1-2-30-35(34,21-8-9-21)31-16-25(17-31,11-12-26)33-15-19(14-29-33)23-22-10-13-32(24(22)28-18-27-23)20-6-4-3-5-7-20/h3-7,10,13-15,18,21H,2,8-9,11,16-17H2,1H3. The van der Waals surface area contributed by atoms with Gasteiger partial charge in [-0.3, -0.25) is 4.68 Å². The highest BCUT2D eigenvalue weighted by molar-refractivity contribution is 7.92. The van der Waals surface area contributed by atoms with Crippen molar-refractivity contribution in [1.29, 1.82) is 5.26 Å². The monoisotopic (exact) mass is 486 g/mol. The molecule has 4 heterocycles. The summed E-state index contributed by atoms with van der Waals surface area (Å²) in [6.45, 7) is 3.47. The summed E-state index contributed by atoms with van der Waals surface area (Å²) in [6, 6.07) is 14.4. The van der Waals surface area contributed by atoms with Gasteiger partial charge in [-0.2, -0.15) is 10.4 Å². The van der Waals surface area contributed by atoms with E-state index in [1.54, 1.807) is 12.5 Å². The first-order valence-corrected chi connectivity index (χ1v) is 13.4. The summed E-state index contributed by atoms with van der Waals surface area (Å²) >= 11 is 0. The molecule has 178 valence electrons. The van der Waals surface area contributed by atoms with E-state index in [2.05, 4.69) is 25.5 Å². The predicted octanol–water partition coefficient (Wildman–Crippen LogP) is 3.77. The summed E-state index contributed by atoms with van der Waals surface area (Å²) in [7, 11) is -2.40. The maximum atomic E-state index is 13.6. The summed E-state index contributed by atoms with van der Waals surface area (Å²) in [4.78, 5) is 9.09. The van der Waals surface area contributed by atoms with E-state index in [4.69, 9.17) is 0 Å². The topological polar surface area (TPSA) is 105 Å². The molecule has 1 unspecified atom stereocenters. The van der Waals surface area contributed by atoms with Gasteiger partial charge in [0.05, 0.1) is 29.6 Å². The van der Waals surface area contributed by atoms with Crippen LogP contribution in [0.3, 0.4) is 0 Å². The molecule has 0 spiro atoms. The summed E-state index contributed by atoms with van der Waals surface area (Å²) in [5.41, 5.74) is 2.99. The van der Waals surface area contributed by atoms with Gasteiger partial charge in [-0.25, -0.2) is 22.8 Å². The van der Waals surface area contributed by atoms with Crippen LogP contribution in [-0.4, -0.2) is 57.7 Å². The second kappa shape index (κ2) is 8.29. The van der Waals surface area contributed by atoms with Crippen molar-refractivity contribution >= 4 is 20.9 Å². The van der Waals surface area contributed by atoms with Crippen molar-refractivity contribution in [3.05, 3.63) is 61.3 Å². The number of nitrogens with zero attached hydrogens (tertiary/aromatic N) is 8. The van der Waals surface area contributed by atoms with E-state index < -0.39 is 15.5 Å². The van der Waals surface area contributed by atoms with Crippen LogP contribution in [0, 0.1) is 11.3 Å². The van der Waals surface area contributed by atoms with E-state index >= 15 is 0 Å². The molecule has 6 rings (SSSR count). The van der Waals surface area contributed by atoms with Gasteiger partial charge in [-0.05, 0) is 38.0 Å². The highest BCUT2D eigenvalue weighted by Crippen LogP contribution is 2.41. The number of benzene rings is 1. The van der Waals surface area contributed by atoms with Crippen LogP contribution >= 0.6 is 0 Å². The van der Waals surface area contributed by atoms with Crippen LogP contribution in [0.5, 0.6) is 0 Å². The molecule has 1 aromatic carbocycles. The van der Waals surface area contributed by atoms with Crippen molar-refractivity contribution in [1.82, 2.24) is 28.6 Å². The average molecular weight is 487 g/mol. The van der Waals surface area contributed by atoms with E-state index in [1.807, 2.05) is 69.3 Å². The lowest BCUT2D eigenvalue weighted by molar-refractivity contribution is 0.0747. The lowest BCUT2D eigenvalue weighted by Crippen LogP contribution is -2.64. The zero-order valence-electron chi connectivity index (χ0n) is 19.5. The van der Waals surface area contributed by atoms with E-state index in [-0.39, 0.29) is 5.25 Å². The number of fused-ring (bicyclic) bond motifs is 1. The van der Waals surface area contributed by atoms with Crippen molar-refractivity contribution in [2.45, 2.75) is 37.0 Å². The van der Waals surface area contributed by atoms with Gasteiger partial charge in [0.2, 0.25) is 0 Å². The fourth-order valence-corrected chi connectivity index (χ4v) is 7.69. The molecule has 0 bridgehead atoms. The average Bonchev–Trinajstić information content (AvgIpc) is 3.45. The Morgan fingerprint density at radius 1 is 1.20 bits per heavy atom. The van der Waals surface area contributed by atoms with Gasteiger partial charge in [-0.15, -0.1) is 0 Å². The number of aromatic nitrogens is 5.